The minimum atomic E-state index is -3.28. The Morgan fingerprint density at radius 1 is 1.08 bits per heavy atom. The van der Waals surface area contributed by atoms with Gasteiger partial charge in [-0.3, -0.25) is 4.98 Å². The topological polar surface area (TPSA) is 47.0 Å². The third-order valence-corrected chi connectivity index (χ3v) is 7.10. The van der Waals surface area contributed by atoms with Gasteiger partial charge in [-0.15, -0.1) is 0 Å². The van der Waals surface area contributed by atoms with Crippen LogP contribution >= 0.6 is 11.6 Å². The third-order valence-electron chi connectivity index (χ3n) is 4.76. The summed E-state index contributed by atoms with van der Waals surface area (Å²) < 4.78 is 26.1. The van der Waals surface area contributed by atoms with Gasteiger partial charge in [0.2, 0.25) is 0 Å². The van der Waals surface area contributed by atoms with Crippen LogP contribution in [0, 0.1) is 5.92 Å². The molecule has 0 amide bonds. The maximum absolute atomic E-state index is 13.1. The summed E-state index contributed by atoms with van der Waals surface area (Å²) in [6, 6.07) is 11.0. The highest BCUT2D eigenvalue weighted by molar-refractivity contribution is 7.91. The smallest absolute Gasteiger partial charge is 0.161 e. The van der Waals surface area contributed by atoms with Crippen molar-refractivity contribution in [3.05, 3.63) is 71.0 Å². The Balaban J connectivity index is 1.80. The normalized spacial score (nSPS) is 17.2. The summed E-state index contributed by atoms with van der Waals surface area (Å²) in [7, 11) is -3.28. The first-order chi connectivity index (χ1) is 12.1. The molecule has 3 nitrogen and oxygen atoms in total. The first-order valence-electron chi connectivity index (χ1n) is 8.60. The minimum absolute atomic E-state index is 0.0408. The number of hydrogen-bond acceptors (Lipinski definition) is 3. The van der Waals surface area contributed by atoms with Crippen LogP contribution in [0.2, 0.25) is 5.02 Å². The van der Waals surface area contributed by atoms with Gasteiger partial charge in [0, 0.05) is 17.4 Å². The van der Waals surface area contributed by atoms with Gasteiger partial charge in [-0.05, 0) is 54.2 Å². The van der Waals surface area contributed by atoms with Gasteiger partial charge in [-0.25, -0.2) is 8.42 Å². The van der Waals surface area contributed by atoms with Crippen LogP contribution in [0.25, 0.3) is 6.08 Å². The van der Waals surface area contributed by atoms with Crippen molar-refractivity contribution < 1.29 is 8.42 Å². The molecular formula is C20H22ClNO2S. The van der Waals surface area contributed by atoms with Crippen LogP contribution in [0.4, 0.5) is 0 Å². The largest absolute Gasteiger partial charge is 0.265 e. The lowest BCUT2D eigenvalue weighted by Gasteiger charge is -2.23. The van der Waals surface area contributed by atoms with E-state index in [1.165, 1.54) is 0 Å². The molecule has 1 heterocycles. The van der Waals surface area contributed by atoms with Crippen molar-refractivity contribution in [2.45, 2.75) is 30.9 Å². The third kappa shape index (κ3) is 4.71. The highest BCUT2D eigenvalue weighted by atomic mass is 35.5. The highest BCUT2D eigenvalue weighted by Gasteiger charge is 2.35. The van der Waals surface area contributed by atoms with Gasteiger partial charge in [0.25, 0.3) is 0 Å². The Morgan fingerprint density at radius 3 is 2.36 bits per heavy atom. The van der Waals surface area contributed by atoms with Crippen molar-refractivity contribution in [3.8, 4) is 0 Å². The number of rotatable bonds is 6. The molecule has 1 aliphatic rings. The van der Waals surface area contributed by atoms with E-state index in [9.17, 15) is 8.42 Å². The fraction of sp³-hybridized carbons (Fsp3) is 0.350. The Labute approximate surface area is 154 Å². The zero-order chi connectivity index (χ0) is 17.7. The van der Waals surface area contributed by atoms with Gasteiger partial charge in [0.15, 0.2) is 9.84 Å². The number of benzene rings is 1. The van der Waals surface area contributed by atoms with Crippen LogP contribution < -0.4 is 0 Å². The monoisotopic (exact) mass is 375 g/mol. The summed E-state index contributed by atoms with van der Waals surface area (Å²) in [5.74, 6) is 0.246. The molecule has 1 fully saturated rings. The molecule has 2 aromatic rings. The Bertz CT molecular complexity index is 811. The Hall–Kier alpha value is -1.65. The average Bonchev–Trinajstić information content (AvgIpc) is 3.11. The molecule has 3 rings (SSSR count). The standard InChI is InChI=1S/C20H22ClNO2S/c21-19-9-7-16(8-10-19)4-3-15-25(23,24)20(17-5-1-2-6-17)18-11-13-22-14-12-18/h3-4,7-14,17,20H,1-2,5-6,15H2. The molecule has 0 radical (unpaired) electrons. The lowest BCUT2D eigenvalue weighted by molar-refractivity contribution is 0.494. The van der Waals surface area contributed by atoms with Gasteiger partial charge in [0.1, 0.15) is 0 Å². The van der Waals surface area contributed by atoms with Crippen molar-refractivity contribution in [1.82, 2.24) is 4.98 Å². The van der Waals surface area contributed by atoms with Crippen molar-refractivity contribution in [2.24, 2.45) is 5.92 Å². The van der Waals surface area contributed by atoms with Gasteiger partial charge in [-0.2, -0.15) is 0 Å². The molecule has 1 atom stereocenters. The second kappa shape index (κ2) is 8.15. The molecule has 5 heteroatoms. The molecule has 0 spiro atoms. The molecular weight excluding hydrogens is 354 g/mol. The number of nitrogens with zero attached hydrogens (tertiary/aromatic N) is 1. The summed E-state index contributed by atoms with van der Waals surface area (Å²) in [6.07, 6.45) is 11.1. The molecule has 1 aliphatic carbocycles. The van der Waals surface area contributed by atoms with E-state index in [1.807, 2.05) is 30.3 Å². The second-order valence-electron chi connectivity index (χ2n) is 6.53. The van der Waals surface area contributed by atoms with E-state index < -0.39 is 15.1 Å². The molecule has 1 aromatic carbocycles. The van der Waals surface area contributed by atoms with E-state index in [2.05, 4.69) is 4.98 Å². The lowest BCUT2D eigenvalue weighted by Crippen LogP contribution is -2.22. The van der Waals surface area contributed by atoms with E-state index in [0.29, 0.717) is 5.02 Å². The first kappa shape index (κ1) is 18.2. The molecule has 1 unspecified atom stereocenters. The maximum Gasteiger partial charge on any atom is 0.161 e. The minimum Gasteiger partial charge on any atom is -0.265 e. The van der Waals surface area contributed by atoms with Crippen LogP contribution in [-0.2, 0) is 9.84 Å². The van der Waals surface area contributed by atoms with E-state index in [1.54, 1.807) is 30.6 Å². The Kier molecular flexibility index (Phi) is 5.92. The van der Waals surface area contributed by atoms with Gasteiger partial charge < -0.3 is 0 Å². The van der Waals surface area contributed by atoms with E-state index >= 15 is 0 Å². The SMILES string of the molecule is O=S(=O)(CC=Cc1ccc(Cl)cc1)C(c1ccncc1)C1CCCC1. The van der Waals surface area contributed by atoms with Crippen molar-refractivity contribution in [2.75, 3.05) is 5.75 Å². The number of pyridine rings is 1. The molecule has 0 N–H and O–H groups in total. The molecule has 25 heavy (non-hydrogen) atoms. The number of sulfone groups is 1. The fourth-order valence-electron chi connectivity index (χ4n) is 3.58. The fourth-order valence-corrected chi connectivity index (χ4v) is 5.71. The van der Waals surface area contributed by atoms with Crippen LogP contribution in [0.3, 0.4) is 0 Å². The second-order valence-corrected chi connectivity index (χ2v) is 9.13. The van der Waals surface area contributed by atoms with Crippen LogP contribution in [-0.4, -0.2) is 19.2 Å². The van der Waals surface area contributed by atoms with Crippen molar-refractivity contribution in [1.29, 1.82) is 0 Å². The van der Waals surface area contributed by atoms with Crippen molar-refractivity contribution in [3.63, 3.8) is 0 Å². The molecule has 1 aromatic heterocycles. The van der Waals surface area contributed by atoms with Crippen LogP contribution in [0.5, 0.6) is 0 Å². The molecule has 0 aliphatic heterocycles. The number of halogens is 1. The van der Waals surface area contributed by atoms with E-state index in [-0.39, 0.29) is 11.7 Å². The molecule has 1 saturated carbocycles. The van der Waals surface area contributed by atoms with Gasteiger partial charge >= 0.3 is 0 Å². The summed E-state index contributed by atoms with van der Waals surface area (Å²) >= 11 is 5.88. The van der Waals surface area contributed by atoms with Crippen LogP contribution in [0.1, 0.15) is 42.1 Å². The van der Waals surface area contributed by atoms with E-state index in [4.69, 9.17) is 11.6 Å². The zero-order valence-corrected chi connectivity index (χ0v) is 15.6. The summed E-state index contributed by atoms with van der Waals surface area (Å²) in [5, 5.41) is 0.233. The summed E-state index contributed by atoms with van der Waals surface area (Å²) in [5.41, 5.74) is 1.81. The maximum atomic E-state index is 13.1. The Morgan fingerprint density at radius 2 is 1.72 bits per heavy atom. The highest BCUT2D eigenvalue weighted by Crippen LogP contribution is 2.41. The predicted octanol–water partition coefficient (Wildman–Crippen LogP) is 5.09. The van der Waals surface area contributed by atoms with Gasteiger partial charge in [-0.1, -0.05) is 48.7 Å². The molecule has 132 valence electrons. The summed E-state index contributed by atoms with van der Waals surface area (Å²) in [4.78, 5) is 4.03. The van der Waals surface area contributed by atoms with Crippen LogP contribution in [0.15, 0.2) is 54.9 Å². The lowest BCUT2D eigenvalue weighted by atomic mass is 9.98. The number of hydrogen-bond donors (Lipinski definition) is 0. The quantitative estimate of drug-likeness (QED) is 0.706. The van der Waals surface area contributed by atoms with E-state index in [0.717, 1.165) is 36.8 Å². The molecule has 0 bridgehead atoms. The van der Waals surface area contributed by atoms with Gasteiger partial charge in [0.05, 0.1) is 11.0 Å². The zero-order valence-electron chi connectivity index (χ0n) is 14.0. The average molecular weight is 376 g/mol. The summed E-state index contributed by atoms with van der Waals surface area (Å²) in [6.45, 7) is 0. The number of aromatic nitrogens is 1. The van der Waals surface area contributed by atoms with Crippen molar-refractivity contribution >= 4 is 27.5 Å². The first-order valence-corrected chi connectivity index (χ1v) is 10.7. The predicted molar refractivity (Wildman–Crippen MR) is 103 cm³/mol. The molecule has 0 saturated heterocycles.